The number of hydrogen-bond acceptors (Lipinski definition) is 5. The van der Waals surface area contributed by atoms with Crippen LogP contribution in [0.3, 0.4) is 0 Å². The minimum Gasteiger partial charge on any atom is -0.381 e. The number of nitrogens with zero attached hydrogens (tertiary/aromatic N) is 4. The molecular formula is C24H22N4O4. The fourth-order valence-corrected chi connectivity index (χ4v) is 5.70. The van der Waals surface area contributed by atoms with E-state index in [0.717, 1.165) is 0 Å². The summed E-state index contributed by atoms with van der Waals surface area (Å²) in [5.74, 6) is -0.703. The van der Waals surface area contributed by atoms with Crippen molar-refractivity contribution in [2.24, 2.45) is 5.92 Å². The van der Waals surface area contributed by atoms with Gasteiger partial charge in [-0.1, -0.05) is 44.2 Å². The molecule has 0 bridgehead atoms. The van der Waals surface area contributed by atoms with Crippen molar-refractivity contribution in [2.75, 3.05) is 4.90 Å². The Hall–Kier alpha value is -3.52. The first-order valence-corrected chi connectivity index (χ1v) is 10.8. The summed E-state index contributed by atoms with van der Waals surface area (Å²) < 4.78 is 1.31. The number of carbonyl (C=O) groups is 2. The third-order valence-electron chi connectivity index (χ3n) is 7.06. The molecule has 1 aromatic heterocycles. The van der Waals surface area contributed by atoms with Crippen molar-refractivity contribution in [3.63, 3.8) is 0 Å². The Kier molecular flexibility index (Phi) is 3.75. The van der Waals surface area contributed by atoms with Crippen molar-refractivity contribution in [1.29, 1.82) is 0 Å². The van der Waals surface area contributed by atoms with Crippen LogP contribution in [0.5, 0.6) is 0 Å². The Labute approximate surface area is 183 Å². The quantitative estimate of drug-likeness (QED) is 0.669. The van der Waals surface area contributed by atoms with Gasteiger partial charge in [0.2, 0.25) is 5.91 Å². The van der Waals surface area contributed by atoms with Gasteiger partial charge in [0, 0.05) is 12.0 Å². The molecule has 3 aromatic rings. The zero-order chi connectivity index (χ0) is 22.4. The van der Waals surface area contributed by atoms with E-state index in [1.807, 2.05) is 26.0 Å². The summed E-state index contributed by atoms with van der Waals surface area (Å²) in [6, 6.07) is 12.5. The zero-order valence-electron chi connectivity index (χ0n) is 17.7. The molecule has 0 aliphatic carbocycles. The van der Waals surface area contributed by atoms with Crippen LogP contribution in [0.2, 0.25) is 0 Å². The van der Waals surface area contributed by atoms with Gasteiger partial charge in [-0.05, 0) is 24.1 Å². The average Bonchev–Trinajstić information content (AvgIpc) is 3.24. The van der Waals surface area contributed by atoms with Crippen LogP contribution >= 0.6 is 0 Å². The highest BCUT2D eigenvalue weighted by atomic mass is 16.3. The van der Waals surface area contributed by atoms with Gasteiger partial charge in [0.25, 0.3) is 11.5 Å². The molecule has 32 heavy (non-hydrogen) atoms. The summed E-state index contributed by atoms with van der Waals surface area (Å²) in [4.78, 5) is 48.0. The number of benzene rings is 2. The molecule has 4 atom stereocenters. The van der Waals surface area contributed by atoms with E-state index in [1.54, 1.807) is 41.3 Å². The van der Waals surface area contributed by atoms with E-state index >= 15 is 0 Å². The number of para-hydroxylation sites is 2. The van der Waals surface area contributed by atoms with Gasteiger partial charge in [0.05, 0.1) is 22.9 Å². The molecule has 0 unspecified atom stereocenters. The van der Waals surface area contributed by atoms with Crippen molar-refractivity contribution in [3.8, 4) is 0 Å². The van der Waals surface area contributed by atoms with Crippen LogP contribution in [0, 0.1) is 5.92 Å². The van der Waals surface area contributed by atoms with Gasteiger partial charge in [-0.25, -0.2) is 4.98 Å². The van der Waals surface area contributed by atoms with Crippen LogP contribution in [-0.4, -0.2) is 43.6 Å². The molecule has 8 nitrogen and oxygen atoms in total. The van der Waals surface area contributed by atoms with Gasteiger partial charge in [-0.15, -0.1) is 0 Å². The van der Waals surface area contributed by atoms with Crippen LogP contribution in [0.15, 0.2) is 59.7 Å². The maximum atomic E-state index is 13.8. The second-order valence-corrected chi connectivity index (χ2v) is 9.15. The van der Waals surface area contributed by atoms with E-state index in [4.69, 9.17) is 0 Å². The average molecular weight is 430 g/mol. The number of hydrogen-bond donors (Lipinski definition) is 1. The first-order valence-electron chi connectivity index (χ1n) is 10.8. The highest BCUT2D eigenvalue weighted by Crippen LogP contribution is 2.55. The lowest BCUT2D eigenvalue weighted by molar-refractivity contribution is -0.160. The van der Waals surface area contributed by atoms with Gasteiger partial charge >= 0.3 is 0 Å². The van der Waals surface area contributed by atoms with Gasteiger partial charge in [-0.3, -0.25) is 23.9 Å². The van der Waals surface area contributed by atoms with E-state index in [0.29, 0.717) is 22.2 Å². The molecular weight excluding hydrogens is 408 g/mol. The molecule has 4 heterocycles. The smallest absolute Gasteiger partial charge is 0.261 e. The van der Waals surface area contributed by atoms with Gasteiger partial charge in [0.1, 0.15) is 23.9 Å². The van der Waals surface area contributed by atoms with E-state index in [2.05, 4.69) is 4.98 Å². The van der Waals surface area contributed by atoms with Gasteiger partial charge < -0.3 is 10.0 Å². The number of anilines is 1. The fourth-order valence-electron chi connectivity index (χ4n) is 5.70. The molecule has 3 aliphatic heterocycles. The lowest BCUT2D eigenvalue weighted by Gasteiger charge is -2.45. The number of amides is 2. The monoisotopic (exact) mass is 430 g/mol. The molecule has 0 spiro atoms. The Bertz CT molecular complexity index is 1370. The molecule has 3 aliphatic rings. The molecule has 162 valence electrons. The van der Waals surface area contributed by atoms with Gasteiger partial charge in [-0.2, -0.15) is 0 Å². The maximum absolute atomic E-state index is 13.8. The first kappa shape index (κ1) is 19.2. The predicted molar refractivity (Wildman–Crippen MR) is 117 cm³/mol. The lowest BCUT2D eigenvalue weighted by Crippen LogP contribution is -2.61. The van der Waals surface area contributed by atoms with E-state index in [1.165, 1.54) is 15.8 Å². The van der Waals surface area contributed by atoms with Crippen LogP contribution in [0.1, 0.15) is 31.9 Å². The second kappa shape index (κ2) is 6.26. The Morgan fingerprint density at radius 2 is 1.75 bits per heavy atom. The lowest BCUT2D eigenvalue weighted by atomic mass is 9.81. The number of aliphatic hydroxyl groups is 1. The Morgan fingerprint density at radius 3 is 2.53 bits per heavy atom. The largest absolute Gasteiger partial charge is 0.381 e. The summed E-state index contributed by atoms with van der Waals surface area (Å²) in [6.07, 6.45) is 0.545. The Morgan fingerprint density at radius 1 is 1.03 bits per heavy atom. The van der Waals surface area contributed by atoms with E-state index < -0.39 is 23.9 Å². The molecule has 2 aromatic carbocycles. The van der Waals surface area contributed by atoms with Crippen molar-refractivity contribution in [2.45, 2.75) is 44.1 Å². The highest BCUT2D eigenvalue weighted by molar-refractivity contribution is 6.07. The standard InChI is InChI=1S/C24H22N4O4/c1-13(2)19-22(31)27-17-10-6-4-8-15(17)24(32)11-18(21(30)28(19)23(24)27)26-12-25-16-9-5-3-7-14(16)20(26)29/h3-10,12-13,18-19,23,32H,11H2,1-2H3/t18-,19-,23+,24-/m0/s1. The number of piperidine rings is 1. The molecule has 6 rings (SSSR count). The predicted octanol–water partition coefficient (Wildman–Crippen LogP) is 1.77. The topological polar surface area (TPSA) is 95.7 Å². The second-order valence-electron chi connectivity index (χ2n) is 9.15. The van der Waals surface area contributed by atoms with Gasteiger partial charge in [0.15, 0.2) is 0 Å². The summed E-state index contributed by atoms with van der Waals surface area (Å²) in [5.41, 5.74) is -0.0619. The zero-order valence-corrected chi connectivity index (χ0v) is 17.7. The number of rotatable bonds is 2. The third kappa shape index (κ3) is 2.20. The van der Waals surface area contributed by atoms with Crippen molar-refractivity contribution < 1.29 is 14.7 Å². The molecule has 0 saturated carbocycles. The molecule has 8 heteroatoms. The SMILES string of the molecule is CC(C)[C@H]1C(=O)N2c3ccccc3[C@@]3(O)C[C@H](n4cnc5ccccc5c4=O)C(=O)N1[C@@H]23. The normalized spacial score (nSPS) is 28.6. The molecule has 2 amide bonds. The maximum Gasteiger partial charge on any atom is 0.261 e. The molecule has 1 N–H and O–H groups in total. The van der Waals surface area contributed by atoms with Crippen LogP contribution in [0.4, 0.5) is 5.69 Å². The van der Waals surface area contributed by atoms with Crippen LogP contribution < -0.4 is 10.5 Å². The van der Waals surface area contributed by atoms with Crippen molar-refractivity contribution in [3.05, 3.63) is 70.8 Å². The van der Waals surface area contributed by atoms with E-state index in [9.17, 15) is 19.5 Å². The third-order valence-corrected chi connectivity index (χ3v) is 7.06. The number of fused-ring (bicyclic) bond motifs is 4. The summed E-state index contributed by atoms with van der Waals surface area (Å²) in [6.45, 7) is 3.77. The number of carbonyl (C=O) groups excluding carboxylic acids is 2. The molecule has 2 saturated heterocycles. The minimum atomic E-state index is -1.49. The van der Waals surface area contributed by atoms with Crippen LogP contribution in [-0.2, 0) is 15.2 Å². The number of aromatic nitrogens is 2. The first-order chi connectivity index (χ1) is 15.3. The molecule has 2 fully saturated rings. The highest BCUT2D eigenvalue weighted by Gasteiger charge is 2.67. The minimum absolute atomic E-state index is 0.0153. The van der Waals surface area contributed by atoms with Crippen molar-refractivity contribution in [1.82, 2.24) is 14.5 Å². The molecule has 0 radical (unpaired) electrons. The van der Waals surface area contributed by atoms with Crippen LogP contribution in [0.25, 0.3) is 10.9 Å². The van der Waals surface area contributed by atoms with Crippen molar-refractivity contribution >= 4 is 28.4 Å². The fraction of sp³-hybridized carbons (Fsp3) is 0.333. The summed E-state index contributed by atoms with van der Waals surface area (Å²) in [7, 11) is 0. The summed E-state index contributed by atoms with van der Waals surface area (Å²) >= 11 is 0. The summed E-state index contributed by atoms with van der Waals surface area (Å²) in [5, 5.41) is 12.4. The van der Waals surface area contributed by atoms with E-state index in [-0.39, 0.29) is 29.7 Å². The Balaban J connectivity index is 1.58.